The molecule has 0 aliphatic carbocycles. The molecular weight excluding hydrogens is 140 g/mol. The molecule has 0 aromatic carbocycles. The van der Waals surface area contributed by atoms with Gasteiger partial charge in [-0.25, -0.2) is 0 Å². The van der Waals surface area contributed by atoms with Gasteiger partial charge in [-0.1, -0.05) is 13.0 Å². The summed E-state index contributed by atoms with van der Waals surface area (Å²) in [6, 6.07) is 0. The number of carbonyl (C=O) groups is 1. The van der Waals surface area contributed by atoms with Crippen molar-refractivity contribution in [2.24, 2.45) is 5.92 Å². The van der Waals surface area contributed by atoms with Crippen molar-refractivity contribution in [1.82, 2.24) is 0 Å². The van der Waals surface area contributed by atoms with Gasteiger partial charge in [0.1, 0.15) is 5.78 Å². The lowest BCUT2D eigenvalue weighted by molar-refractivity contribution is -0.123. The van der Waals surface area contributed by atoms with Crippen LogP contribution < -0.4 is 0 Å². The summed E-state index contributed by atoms with van der Waals surface area (Å²) in [6.45, 7) is 6.79. The molecule has 64 valence electrons. The van der Waals surface area contributed by atoms with E-state index in [2.05, 4.69) is 6.58 Å². The summed E-state index contributed by atoms with van der Waals surface area (Å²) in [5.41, 5.74) is 0. The summed E-state index contributed by atoms with van der Waals surface area (Å²) in [7, 11) is 0. The van der Waals surface area contributed by atoms with Crippen molar-refractivity contribution in [2.45, 2.75) is 32.8 Å². The Kier molecular flexibility index (Phi) is 4.79. The summed E-state index contributed by atoms with van der Waals surface area (Å²) in [5.74, 6) is -0.198. The van der Waals surface area contributed by atoms with Crippen LogP contribution in [0.15, 0.2) is 12.7 Å². The lowest BCUT2D eigenvalue weighted by atomic mass is 9.97. The molecule has 2 nitrogen and oxygen atoms in total. The Hall–Kier alpha value is -0.630. The molecule has 0 spiro atoms. The van der Waals surface area contributed by atoms with Crippen molar-refractivity contribution in [3.8, 4) is 0 Å². The van der Waals surface area contributed by atoms with Gasteiger partial charge in [-0.3, -0.25) is 4.79 Å². The molecular formula is C9H16O2. The van der Waals surface area contributed by atoms with Crippen LogP contribution in [-0.4, -0.2) is 17.0 Å². The Balaban J connectivity index is 3.72. The monoisotopic (exact) mass is 156 g/mol. The van der Waals surface area contributed by atoms with E-state index in [4.69, 9.17) is 0 Å². The zero-order chi connectivity index (χ0) is 8.85. The second kappa shape index (κ2) is 5.08. The van der Waals surface area contributed by atoms with Crippen molar-refractivity contribution in [1.29, 1.82) is 0 Å². The van der Waals surface area contributed by atoms with Gasteiger partial charge in [0.05, 0.1) is 6.10 Å². The summed E-state index contributed by atoms with van der Waals surface area (Å²) < 4.78 is 0. The highest BCUT2D eigenvalue weighted by molar-refractivity contribution is 5.78. The van der Waals surface area contributed by atoms with Gasteiger partial charge in [0.2, 0.25) is 0 Å². The van der Waals surface area contributed by atoms with Gasteiger partial charge in [0, 0.05) is 5.92 Å². The Bertz CT molecular complexity index is 140. The van der Waals surface area contributed by atoms with Gasteiger partial charge in [-0.2, -0.15) is 0 Å². The van der Waals surface area contributed by atoms with Gasteiger partial charge in [-0.05, 0) is 19.8 Å². The van der Waals surface area contributed by atoms with Gasteiger partial charge >= 0.3 is 0 Å². The van der Waals surface area contributed by atoms with Crippen molar-refractivity contribution >= 4 is 5.78 Å². The second-order valence-electron chi connectivity index (χ2n) is 2.83. The summed E-state index contributed by atoms with van der Waals surface area (Å²) >= 11 is 0. The molecule has 0 saturated heterocycles. The first-order valence-electron chi connectivity index (χ1n) is 3.89. The van der Waals surface area contributed by atoms with E-state index >= 15 is 0 Å². The van der Waals surface area contributed by atoms with Gasteiger partial charge < -0.3 is 5.11 Å². The molecule has 0 fully saturated rings. The molecule has 0 bridgehead atoms. The zero-order valence-corrected chi connectivity index (χ0v) is 7.21. The highest BCUT2D eigenvalue weighted by Gasteiger charge is 2.16. The second-order valence-corrected chi connectivity index (χ2v) is 2.83. The van der Waals surface area contributed by atoms with Crippen LogP contribution >= 0.6 is 0 Å². The Morgan fingerprint density at radius 1 is 1.73 bits per heavy atom. The number of rotatable bonds is 5. The van der Waals surface area contributed by atoms with E-state index in [9.17, 15) is 9.90 Å². The minimum atomic E-state index is -0.509. The van der Waals surface area contributed by atoms with Gasteiger partial charge in [-0.15, -0.1) is 6.58 Å². The molecule has 0 aliphatic heterocycles. The first-order valence-corrected chi connectivity index (χ1v) is 3.89. The van der Waals surface area contributed by atoms with E-state index < -0.39 is 6.10 Å². The lowest BCUT2D eigenvalue weighted by Crippen LogP contribution is -2.23. The number of ketones is 1. The average Bonchev–Trinajstić information content (AvgIpc) is 1.98. The van der Waals surface area contributed by atoms with Crippen LogP contribution in [0.5, 0.6) is 0 Å². The minimum Gasteiger partial charge on any atom is -0.392 e. The molecule has 1 N–H and O–H groups in total. The Labute approximate surface area is 67.9 Å². The van der Waals surface area contributed by atoms with E-state index in [-0.39, 0.29) is 11.7 Å². The van der Waals surface area contributed by atoms with Crippen molar-refractivity contribution in [3.63, 3.8) is 0 Å². The van der Waals surface area contributed by atoms with Crippen LogP contribution in [0.3, 0.4) is 0 Å². The van der Waals surface area contributed by atoms with Crippen LogP contribution in [0.25, 0.3) is 0 Å². The molecule has 0 unspecified atom stereocenters. The van der Waals surface area contributed by atoms with Crippen molar-refractivity contribution in [2.75, 3.05) is 0 Å². The number of aliphatic hydroxyl groups excluding tert-OH is 1. The fourth-order valence-corrected chi connectivity index (χ4v) is 0.810. The SMILES string of the molecule is C=CCC[C@@H](O)[C@H](C)C(C)=O. The predicted octanol–water partition coefficient (Wildman–Crippen LogP) is 1.54. The van der Waals surface area contributed by atoms with Crippen LogP contribution in [-0.2, 0) is 4.79 Å². The minimum absolute atomic E-state index is 0.0431. The quantitative estimate of drug-likeness (QED) is 0.613. The number of hydrogen-bond donors (Lipinski definition) is 1. The fourth-order valence-electron chi connectivity index (χ4n) is 0.810. The number of Topliss-reactive ketones (excluding diaryl/α,β-unsaturated/α-hetero) is 1. The summed E-state index contributed by atoms with van der Waals surface area (Å²) in [5, 5.41) is 9.35. The standard InChI is InChI=1S/C9H16O2/c1-4-5-6-9(11)7(2)8(3)10/h4,7,9,11H,1,5-6H2,2-3H3/t7-,9-/m1/s1. The van der Waals surface area contributed by atoms with Crippen LogP contribution in [0, 0.1) is 5.92 Å². The number of hydrogen-bond acceptors (Lipinski definition) is 2. The van der Waals surface area contributed by atoms with Crippen molar-refractivity contribution in [3.05, 3.63) is 12.7 Å². The molecule has 0 amide bonds. The molecule has 0 rings (SSSR count). The van der Waals surface area contributed by atoms with Crippen LogP contribution in [0.1, 0.15) is 26.7 Å². The number of carbonyl (C=O) groups excluding carboxylic acids is 1. The zero-order valence-electron chi connectivity index (χ0n) is 7.21. The lowest BCUT2D eigenvalue weighted by Gasteiger charge is -2.14. The maximum absolute atomic E-state index is 10.8. The first-order chi connectivity index (χ1) is 5.09. The average molecular weight is 156 g/mol. The Morgan fingerprint density at radius 3 is 2.64 bits per heavy atom. The molecule has 0 aromatic heterocycles. The molecule has 2 heteroatoms. The summed E-state index contributed by atoms with van der Waals surface area (Å²) in [6.07, 6.45) is 2.63. The number of aliphatic hydroxyl groups is 1. The summed E-state index contributed by atoms with van der Waals surface area (Å²) in [4.78, 5) is 10.8. The molecule has 0 heterocycles. The van der Waals surface area contributed by atoms with E-state index in [1.807, 2.05) is 0 Å². The highest BCUT2D eigenvalue weighted by atomic mass is 16.3. The van der Waals surface area contributed by atoms with E-state index in [0.29, 0.717) is 6.42 Å². The van der Waals surface area contributed by atoms with E-state index in [1.54, 1.807) is 13.0 Å². The third-order valence-electron chi connectivity index (χ3n) is 1.88. The van der Waals surface area contributed by atoms with Crippen LogP contribution in [0.4, 0.5) is 0 Å². The maximum atomic E-state index is 10.8. The number of allylic oxidation sites excluding steroid dienone is 1. The maximum Gasteiger partial charge on any atom is 0.135 e. The molecule has 0 aromatic rings. The smallest absolute Gasteiger partial charge is 0.135 e. The molecule has 2 atom stereocenters. The largest absolute Gasteiger partial charge is 0.392 e. The highest BCUT2D eigenvalue weighted by Crippen LogP contribution is 2.09. The van der Waals surface area contributed by atoms with Crippen molar-refractivity contribution < 1.29 is 9.90 Å². The van der Waals surface area contributed by atoms with Gasteiger partial charge in [0.25, 0.3) is 0 Å². The van der Waals surface area contributed by atoms with Gasteiger partial charge in [0.15, 0.2) is 0 Å². The fraction of sp³-hybridized carbons (Fsp3) is 0.667. The molecule has 0 saturated carbocycles. The first kappa shape index (κ1) is 10.4. The molecule has 0 aliphatic rings. The van der Waals surface area contributed by atoms with E-state index in [1.165, 1.54) is 6.92 Å². The predicted molar refractivity (Wildman–Crippen MR) is 45.3 cm³/mol. The third kappa shape index (κ3) is 3.94. The molecule has 0 radical (unpaired) electrons. The topological polar surface area (TPSA) is 37.3 Å². The van der Waals surface area contributed by atoms with Crippen LogP contribution in [0.2, 0.25) is 0 Å². The molecule has 11 heavy (non-hydrogen) atoms. The normalized spacial score (nSPS) is 15.5. The Morgan fingerprint density at radius 2 is 2.27 bits per heavy atom. The third-order valence-corrected chi connectivity index (χ3v) is 1.88. The van der Waals surface area contributed by atoms with E-state index in [0.717, 1.165) is 6.42 Å².